The van der Waals surface area contributed by atoms with Crippen molar-refractivity contribution < 1.29 is 28.7 Å². The van der Waals surface area contributed by atoms with Gasteiger partial charge in [0.2, 0.25) is 0 Å². The Morgan fingerprint density at radius 1 is 0.578 bits per heavy atom. The van der Waals surface area contributed by atoms with Crippen molar-refractivity contribution in [3.05, 3.63) is 144 Å². The quantitative estimate of drug-likeness (QED) is 0.192. The zero-order valence-electron chi connectivity index (χ0n) is 25.4. The highest BCUT2D eigenvalue weighted by Gasteiger charge is 2.46. The standard InChI is InChI=1S/C19H19NO3.C18H17NO3/c1-2-13-22-18(21)17-14-19(23-20-17,15-9-5-3-6-10-15)16-11-7-4-8-12-16;1-2-21-17(20)16-13-18(22-19-16,14-9-5-3-6-10-14)15-11-7-4-8-12-15/h3-12H,2,13-14H2,1H3;3-12H,2,13H2,1H3. The van der Waals surface area contributed by atoms with Crippen LogP contribution in [0.1, 0.15) is 55.4 Å². The molecule has 0 saturated carbocycles. The largest absolute Gasteiger partial charge is 0.461 e. The van der Waals surface area contributed by atoms with Gasteiger partial charge in [0.1, 0.15) is 0 Å². The molecule has 0 bridgehead atoms. The van der Waals surface area contributed by atoms with Gasteiger partial charge in [-0.05, 0) is 13.3 Å². The summed E-state index contributed by atoms with van der Waals surface area (Å²) in [6.07, 6.45) is 1.51. The molecule has 8 heteroatoms. The zero-order valence-corrected chi connectivity index (χ0v) is 25.4. The maximum atomic E-state index is 12.1. The SMILES string of the molecule is CCCOC(=O)C1=NOC(c2ccccc2)(c2ccccc2)C1.CCOC(=O)C1=NOC(c2ccccc2)(c2ccccc2)C1. The molecule has 2 heterocycles. The Kier molecular flexibility index (Phi) is 10.0. The average Bonchev–Trinajstić information content (AvgIpc) is 3.77. The molecule has 2 aliphatic rings. The van der Waals surface area contributed by atoms with Gasteiger partial charge in [0, 0.05) is 22.3 Å². The number of nitrogens with zero attached hydrogens (tertiary/aromatic N) is 2. The molecule has 230 valence electrons. The fourth-order valence-corrected chi connectivity index (χ4v) is 5.36. The van der Waals surface area contributed by atoms with E-state index < -0.39 is 23.1 Å². The number of rotatable bonds is 9. The van der Waals surface area contributed by atoms with Crippen LogP contribution in [0.5, 0.6) is 0 Å². The number of ether oxygens (including phenoxy) is 2. The molecule has 0 aliphatic carbocycles. The maximum absolute atomic E-state index is 12.1. The predicted molar refractivity (Wildman–Crippen MR) is 171 cm³/mol. The molecule has 4 aromatic carbocycles. The van der Waals surface area contributed by atoms with Gasteiger partial charge in [-0.1, -0.05) is 139 Å². The molecule has 0 radical (unpaired) electrons. The third kappa shape index (κ3) is 6.80. The normalized spacial score (nSPS) is 15.7. The molecular formula is C37H36N2O6. The molecule has 45 heavy (non-hydrogen) atoms. The van der Waals surface area contributed by atoms with Gasteiger partial charge < -0.3 is 19.1 Å². The van der Waals surface area contributed by atoms with Gasteiger partial charge in [0.25, 0.3) is 0 Å². The summed E-state index contributed by atoms with van der Waals surface area (Å²) in [4.78, 5) is 35.7. The van der Waals surface area contributed by atoms with Crippen LogP contribution in [0, 0.1) is 0 Å². The van der Waals surface area contributed by atoms with Crippen molar-refractivity contribution in [1.29, 1.82) is 0 Å². The van der Waals surface area contributed by atoms with Gasteiger partial charge in [0.15, 0.2) is 22.6 Å². The Morgan fingerprint density at radius 2 is 0.911 bits per heavy atom. The third-order valence-electron chi connectivity index (χ3n) is 7.60. The van der Waals surface area contributed by atoms with Crippen LogP contribution in [0.25, 0.3) is 0 Å². The lowest BCUT2D eigenvalue weighted by atomic mass is 9.82. The minimum Gasteiger partial charge on any atom is -0.461 e. The van der Waals surface area contributed by atoms with Crippen molar-refractivity contribution in [2.24, 2.45) is 10.3 Å². The van der Waals surface area contributed by atoms with Crippen LogP contribution in [0.2, 0.25) is 0 Å². The van der Waals surface area contributed by atoms with Crippen LogP contribution < -0.4 is 0 Å². The molecule has 0 spiro atoms. The van der Waals surface area contributed by atoms with E-state index in [1.165, 1.54) is 0 Å². The Hall–Kier alpha value is -5.24. The Bertz CT molecular complexity index is 1540. The van der Waals surface area contributed by atoms with Crippen LogP contribution in [0.4, 0.5) is 0 Å². The summed E-state index contributed by atoms with van der Waals surface area (Å²) in [6, 6.07) is 39.3. The number of carbonyl (C=O) groups is 2. The van der Waals surface area contributed by atoms with Crippen LogP contribution in [0.3, 0.4) is 0 Å². The van der Waals surface area contributed by atoms with E-state index in [4.69, 9.17) is 19.1 Å². The summed E-state index contributed by atoms with van der Waals surface area (Å²) >= 11 is 0. The number of benzene rings is 4. The molecule has 8 nitrogen and oxygen atoms in total. The second-order valence-electron chi connectivity index (χ2n) is 10.6. The van der Waals surface area contributed by atoms with E-state index in [1.54, 1.807) is 6.92 Å². The van der Waals surface area contributed by atoms with E-state index in [9.17, 15) is 9.59 Å². The topological polar surface area (TPSA) is 95.8 Å². The second kappa shape index (κ2) is 14.5. The molecule has 0 saturated heterocycles. The van der Waals surface area contributed by atoms with Crippen molar-refractivity contribution in [3.8, 4) is 0 Å². The maximum Gasteiger partial charge on any atom is 0.356 e. The second-order valence-corrected chi connectivity index (χ2v) is 10.6. The van der Waals surface area contributed by atoms with Crippen LogP contribution in [-0.4, -0.2) is 36.6 Å². The summed E-state index contributed by atoms with van der Waals surface area (Å²) in [6.45, 7) is 4.44. The molecular weight excluding hydrogens is 568 g/mol. The smallest absolute Gasteiger partial charge is 0.356 e. The molecule has 0 fully saturated rings. The Morgan fingerprint density at radius 3 is 1.22 bits per heavy atom. The van der Waals surface area contributed by atoms with Gasteiger partial charge in [-0.2, -0.15) is 0 Å². The molecule has 6 rings (SSSR count). The van der Waals surface area contributed by atoms with Gasteiger partial charge in [0.05, 0.1) is 26.1 Å². The first-order valence-corrected chi connectivity index (χ1v) is 15.1. The number of oxime groups is 2. The summed E-state index contributed by atoms with van der Waals surface area (Å²) in [5, 5.41) is 8.04. The molecule has 0 atom stereocenters. The van der Waals surface area contributed by atoms with E-state index in [1.807, 2.05) is 128 Å². The van der Waals surface area contributed by atoms with Crippen molar-refractivity contribution in [2.45, 2.75) is 44.3 Å². The van der Waals surface area contributed by atoms with Gasteiger partial charge >= 0.3 is 11.9 Å². The number of hydrogen-bond donors (Lipinski definition) is 0. The lowest BCUT2D eigenvalue weighted by molar-refractivity contribution is -0.136. The molecule has 0 aromatic heterocycles. The van der Waals surface area contributed by atoms with Gasteiger partial charge in [-0.3, -0.25) is 0 Å². The van der Waals surface area contributed by atoms with Crippen molar-refractivity contribution in [3.63, 3.8) is 0 Å². The van der Waals surface area contributed by atoms with Gasteiger partial charge in [-0.15, -0.1) is 0 Å². The average molecular weight is 605 g/mol. The van der Waals surface area contributed by atoms with E-state index in [2.05, 4.69) is 10.3 Å². The van der Waals surface area contributed by atoms with Gasteiger partial charge in [-0.25, -0.2) is 9.59 Å². The van der Waals surface area contributed by atoms with Crippen molar-refractivity contribution in [2.75, 3.05) is 13.2 Å². The van der Waals surface area contributed by atoms with Crippen LogP contribution >= 0.6 is 0 Å². The van der Waals surface area contributed by atoms with Crippen LogP contribution in [-0.2, 0) is 39.9 Å². The Balaban J connectivity index is 0.000000178. The monoisotopic (exact) mass is 604 g/mol. The van der Waals surface area contributed by atoms with E-state index >= 15 is 0 Å². The summed E-state index contributed by atoms with van der Waals surface area (Å²) in [7, 11) is 0. The zero-order chi connectivity index (χ0) is 31.5. The highest BCUT2D eigenvalue weighted by Crippen LogP contribution is 2.42. The highest BCUT2D eigenvalue weighted by molar-refractivity contribution is 6.37. The lowest BCUT2D eigenvalue weighted by Crippen LogP contribution is -2.29. The fraction of sp³-hybridized carbons (Fsp3) is 0.243. The van der Waals surface area contributed by atoms with Crippen molar-refractivity contribution >= 4 is 23.4 Å². The Labute approximate surface area is 263 Å². The van der Waals surface area contributed by atoms with Crippen LogP contribution in [0.15, 0.2) is 132 Å². The fourth-order valence-electron chi connectivity index (χ4n) is 5.36. The molecule has 0 amide bonds. The minimum absolute atomic E-state index is 0.314. The molecule has 0 unspecified atom stereocenters. The first kappa shape index (κ1) is 31.2. The van der Waals surface area contributed by atoms with E-state index in [0.29, 0.717) is 37.5 Å². The molecule has 4 aromatic rings. The predicted octanol–water partition coefficient (Wildman–Crippen LogP) is 6.93. The molecule has 0 N–H and O–H groups in total. The first-order valence-electron chi connectivity index (χ1n) is 15.1. The molecule has 2 aliphatic heterocycles. The van der Waals surface area contributed by atoms with E-state index in [0.717, 1.165) is 28.7 Å². The van der Waals surface area contributed by atoms with E-state index in [-0.39, 0.29) is 0 Å². The number of esters is 2. The van der Waals surface area contributed by atoms with Crippen molar-refractivity contribution in [1.82, 2.24) is 0 Å². The summed E-state index contributed by atoms with van der Waals surface area (Å²) < 4.78 is 10.2. The number of carbonyl (C=O) groups excluding carboxylic acids is 2. The first-order chi connectivity index (χ1) is 22.0. The lowest BCUT2D eigenvalue weighted by Gasteiger charge is -2.27. The summed E-state index contributed by atoms with van der Waals surface area (Å²) in [5.74, 6) is -0.822. The highest BCUT2D eigenvalue weighted by atomic mass is 16.7. The minimum atomic E-state index is -0.775. The third-order valence-corrected chi connectivity index (χ3v) is 7.60. The summed E-state index contributed by atoms with van der Waals surface area (Å²) in [5.41, 5.74) is 2.95. The number of hydrogen-bond acceptors (Lipinski definition) is 8.